The lowest BCUT2D eigenvalue weighted by atomic mass is 10.0. The fourth-order valence-corrected chi connectivity index (χ4v) is 2.73. The molecule has 28 heavy (non-hydrogen) atoms. The zero-order chi connectivity index (χ0) is 20.1. The fourth-order valence-electron chi connectivity index (χ4n) is 2.73. The molecule has 0 saturated carbocycles. The van der Waals surface area contributed by atoms with E-state index >= 15 is 0 Å². The maximum absolute atomic E-state index is 12.7. The molecule has 0 aliphatic heterocycles. The molecule has 0 atom stereocenters. The monoisotopic (exact) mass is 382 g/mol. The molecule has 2 aromatic heterocycles. The lowest BCUT2D eigenvalue weighted by Gasteiger charge is -2.07. The van der Waals surface area contributed by atoms with Crippen LogP contribution in [0.2, 0.25) is 0 Å². The Bertz CT molecular complexity index is 1090. The number of primary amides is 1. The first kappa shape index (κ1) is 19.2. The van der Waals surface area contributed by atoms with Gasteiger partial charge in [0.1, 0.15) is 6.33 Å². The molecule has 0 spiro atoms. The van der Waals surface area contributed by atoms with Crippen molar-refractivity contribution < 1.29 is 9.18 Å². The number of halogens is 1. The standard InChI is InChI=1S/C19H19FN6O2/c20-9-13(10-21)11-26-19(28)25(12-24-26)17-3-1-2-14(7-17)15-4-5-23-16(6-15)8-18(22)27/h1-7,9,12H,8,10-11,21H2,(H2,22,27)/b13-9+. The van der Waals surface area contributed by atoms with E-state index in [9.17, 15) is 14.0 Å². The number of aromatic nitrogens is 4. The zero-order valence-corrected chi connectivity index (χ0v) is 15.0. The highest BCUT2D eigenvalue weighted by molar-refractivity contribution is 5.77. The molecule has 0 unspecified atom stereocenters. The third-order valence-electron chi connectivity index (χ3n) is 4.13. The lowest BCUT2D eigenvalue weighted by Crippen LogP contribution is -2.25. The van der Waals surface area contributed by atoms with Gasteiger partial charge in [-0.15, -0.1) is 0 Å². The molecule has 3 rings (SSSR count). The minimum Gasteiger partial charge on any atom is -0.369 e. The van der Waals surface area contributed by atoms with Crippen LogP contribution in [-0.2, 0) is 17.8 Å². The summed E-state index contributed by atoms with van der Waals surface area (Å²) in [7, 11) is 0. The topological polar surface area (TPSA) is 122 Å². The molecule has 3 aromatic rings. The van der Waals surface area contributed by atoms with Crippen molar-refractivity contribution in [1.29, 1.82) is 0 Å². The van der Waals surface area contributed by atoms with Gasteiger partial charge in [0.2, 0.25) is 5.91 Å². The molecule has 0 bridgehead atoms. The van der Waals surface area contributed by atoms with Gasteiger partial charge in [-0.2, -0.15) is 5.10 Å². The van der Waals surface area contributed by atoms with Crippen molar-refractivity contribution in [1.82, 2.24) is 19.3 Å². The molecule has 0 fully saturated rings. The number of nitrogens with two attached hydrogens (primary N) is 2. The molecular weight excluding hydrogens is 363 g/mol. The van der Waals surface area contributed by atoms with Gasteiger partial charge < -0.3 is 11.5 Å². The normalized spacial score (nSPS) is 11.6. The minimum atomic E-state index is -0.462. The van der Waals surface area contributed by atoms with E-state index in [1.165, 1.54) is 10.9 Å². The van der Waals surface area contributed by atoms with Gasteiger partial charge in [-0.25, -0.2) is 18.4 Å². The average Bonchev–Trinajstić information content (AvgIpc) is 3.06. The SMILES string of the molecule is NC/C(=C\F)Cn1ncn(-c2cccc(-c3ccnc(CC(N)=O)c3)c2)c1=O. The quantitative estimate of drug-likeness (QED) is 0.630. The van der Waals surface area contributed by atoms with Crippen LogP contribution >= 0.6 is 0 Å². The summed E-state index contributed by atoms with van der Waals surface area (Å²) < 4.78 is 15.2. The minimum absolute atomic E-state index is 0.000956. The second kappa shape index (κ2) is 8.40. The predicted octanol–water partition coefficient (Wildman–Crippen LogP) is 0.936. The van der Waals surface area contributed by atoms with Crippen molar-refractivity contribution in [2.75, 3.05) is 6.54 Å². The van der Waals surface area contributed by atoms with Gasteiger partial charge in [0.05, 0.1) is 30.7 Å². The number of rotatable bonds is 7. The van der Waals surface area contributed by atoms with E-state index in [-0.39, 0.29) is 25.1 Å². The number of pyridine rings is 1. The van der Waals surface area contributed by atoms with Crippen molar-refractivity contribution in [3.8, 4) is 16.8 Å². The molecule has 1 aromatic carbocycles. The van der Waals surface area contributed by atoms with E-state index in [0.717, 1.165) is 15.8 Å². The molecule has 0 saturated heterocycles. The summed E-state index contributed by atoms with van der Waals surface area (Å²) in [6.07, 6.45) is 3.41. The largest absolute Gasteiger partial charge is 0.369 e. The van der Waals surface area contributed by atoms with Gasteiger partial charge in [0.25, 0.3) is 0 Å². The van der Waals surface area contributed by atoms with Gasteiger partial charge >= 0.3 is 5.69 Å². The number of hydrogen-bond donors (Lipinski definition) is 2. The second-order valence-corrected chi connectivity index (χ2v) is 6.14. The van der Waals surface area contributed by atoms with Crippen LogP contribution in [0.25, 0.3) is 16.8 Å². The second-order valence-electron chi connectivity index (χ2n) is 6.14. The average molecular weight is 382 g/mol. The van der Waals surface area contributed by atoms with E-state index in [1.54, 1.807) is 30.5 Å². The molecule has 0 radical (unpaired) electrons. The third-order valence-corrected chi connectivity index (χ3v) is 4.13. The van der Waals surface area contributed by atoms with Gasteiger partial charge in [0.15, 0.2) is 0 Å². The summed E-state index contributed by atoms with van der Waals surface area (Å²) in [6.45, 7) is -0.0136. The summed E-state index contributed by atoms with van der Waals surface area (Å²) in [5.41, 5.74) is 13.3. The van der Waals surface area contributed by atoms with Gasteiger partial charge in [-0.3, -0.25) is 9.78 Å². The smallest absolute Gasteiger partial charge is 0.350 e. The number of carbonyl (C=O) groups is 1. The van der Waals surface area contributed by atoms with Crippen molar-refractivity contribution >= 4 is 5.91 Å². The number of nitrogens with zero attached hydrogens (tertiary/aromatic N) is 4. The van der Waals surface area contributed by atoms with Crippen molar-refractivity contribution in [2.24, 2.45) is 11.5 Å². The highest BCUT2D eigenvalue weighted by Crippen LogP contribution is 2.22. The molecule has 0 aliphatic carbocycles. The molecule has 1 amide bonds. The van der Waals surface area contributed by atoms with E-state index in [1.807, 2.05) is 12.1 Å². The maximum Gasteiger partial charge on any atom is 0.350 e. The first-order valence-electron chi connectivity index (χ1n) is 8.48. The first-order valence-corrected chi connectivity index (χ1v) is 8.48. The Morgan fingerprint density at radius 2 is 2.00 bits per heavy atom. The first-order chi connectivity index (χ1) is 13.5. The lowest BCUT2D eigenvalue weighted by molar-refractivity contribution is -0.117. The van der Waals surface area contributed by atoms with Gasteiger partial charge in [0, 0.05) is 12.7 Å². The van der Waals surface area contributed by atoms with Crippen LogP contribution in [0.5, 0.6) is 0 Å². The Labute approximate surface area is 159 Å². The predicted molar refractivity (Wildman–Crippen MR) is 102 cm³/mol. The van der Waals surface area contributed by atoms with Crippen LogP contribution in [0, 0.1) is 0 Å². The molecule has 2 heterocycles. The molecule has 144 valence electrons. The summed E-state index contributed by atoms with van der Waals surface area (Å²) in [5, 5.41) is 4.02. The Hall–Kier alpha value is -3.59. The Morgan fingerprint density at radius 3 is 2.71 bits per heavy atom. The van der Waals surface area contributed by atoms with Crippen LogP contribution in [0.15, 0.2) is 65.6 Å². The zero-order valence-electron chi connectivity index (χ0n) is 15.0. The van der Waals surface area contributed by atoms with E-state index < -0.39 is 11.6 Å². The summed E-state index contributed by atoms with van der Waals surface area (Å²) in [4.78, 5) is 27.8. The Kier molecular flexibility index (Phi) is 5.75. The van der Waals surface area contributed by atoms with Crippen LogP contribution in [0.3, 0.4) is 0 Å². The van der Waals surface area contributed by atoms with E-state index in [4.69, 9.17) is 11.5 Å². The number of amides is 1. The molecule has 8 nitrogen and oxygen atoms in total. The van der Waals surface area contributed by atoms with Crippen LogP contribution < -0.4 is 17.2 Å². The highest BCUT2D eigenvalue weighted by Gasteiger charge is 2.10. The number of hydrogen-bond acceptors (Lipinski definition) is 5. The molecular formula is C19H19FN6O2. The van der Waals surface area contributed by atoms with E-state index in [2.05, 4.69) is 10.1 Å². The summed E-state index contributed by atoms with van der Waals surface area (Å²) in [6, 6.07) is 10.8. The Morgan fingerprint density at radius 1 is 1.21 bits per heavy atom. The Balaban J connectivity index is 1.94. The molecule has 4 N–H and O–H groups in total. The van der Waals surface area contributed by atoms with Gasteiger partial charge in [-0.1, -0.05) is 12.1 Å². The number of carbonyl (C=O) groups excluding carboxylic acids is 1. The van der Waals surface area contributed by atoms with Gasteiger partial charge in [-0.05, 0) is 41.0 Å². The highest BCUT2D eigenvalue weighted by atomic mass is 19.1. The van der Waals surface area contributed by atoms with Crippen LogP contribution in [-0.4, -0.2) is 31.8 Å². The molecule has 9 heteroatoms. The number of benzene rings is 1. The third kappa shape index (κ3) is 4.21. The van der Waals surface area contributed by atoms with E-state index in [0.29, 0.717) is 17.7 Å². The molecule has 0 aliphatic rings. The van der Waals surface area contributed by atoms with Crippen LogP contribution in [0.4, 0.5) is 4.39 Å². The van der Waals surface area contributed by atoms with Crippen molar-refractivity contribution in [3.05, 3.63) is 77.0 Å². The van der Waals surface area contributed by atoms with Crippen LogP contribution in [0.1, 0.15) is 5.69 Å². The van der Waals surface area contributed by atoms with Crippen molar-refractivity contribution in [3.63, 3.8) is 0 Å². The maximum atomic E-state index is 12.7. The summed E-state index contributed by atoms with van der Waals surface area (Å²) >= 11 is 0. The summed E-state index contributed by atoms with van der Waals surface area (Å²) in [5.74, 6) is -0.462. The fraction of sp³-hybridized carbons (Fsp3) is 0.158. The van der Waals surface area contributed by atoms with Crippen molar-refractivity contribution in [2.45, 2.75) is 13.0 Å².